The van der Waals surface area contributed by atoms with E-state index in [4.69, 9.17) is 9.47 Å². The molecule has 31 heavy (non-hydrogen) atoms. The average molecular weight is 449 g/mol. The van der Waals surface area contributed by atoms with Crippen LogP contribution in [0.25, 0.3) is 0 Å². The van der Waals surface area contributed by atoms with Gasteiger partial charge in [-0.05, 0) is 42.7 Å². The lowest BCUT2D eigenvalue weighted by Crippen LogP contribution is -2.39. The summed E-state index contributed by atoms with van der Waals surface area (Å²) in [6.45, 7) is 3.61. The molecule has 8 nitrogen and oxygen atoms in total. The van der Waals surface area contributed by atoms with Gasteiger partial charge in [-0.25, -0.2) is 8.42 Å². The number of carbonyl (C=O) groups excluding carboxylic acids is 2. The van der Waals surface area contributed by atoms with Gasteiger partial charge in [0.2, 0.25) is 11.8 Å². The van der Waals surface area contributed by atoms with Gasteiger partial charge in [-0.2, -0.15) is 0 Å². The molecular formula is C22H28N2O6S. The molecule has 2 aromatic rings. The summed E-state index contributed by atoms with van der Waals surface area (Å²) in [5.74, 6) is -1.36. The molecule has 0 saturated heterocycles. The van der Waals surface area contributed by atoms with Crippen LogP contribution in [0.2, 0.25) is 0 Å². The molecule has 0 spiro atoms. The van der Waals surface area contributed by atoms with Gasteiger partial charge in [0.25, 0.3) is 0 Å². The number of anilines is 2. The van der Waals surface area contributed by atoms with Crippen molar-refractivity contribution in [2.45, 2.75) is 31.9 Å². The maximum atomic E-state index is 12.8. The second kappa shape index (κ2) is 10.8. The number of carbonyl (C=O) groups is 2. The Morgan fingerprint density at radius 1 is 0.903 bits per heavy atom. The fraction of sp³-hybridized carbons (Fsp3) is 0.364. The van der Waals surface area contributed by atoms with Crippen LogP contribution < -0.4 is 20.1 Å². The smallest absolute Gasteiger partial charge is 0.242 e. The Labute approximate surface area is 182 Å². The zero-order valence-electron chi connectivity index (χ0n) is 18.1. The van der Waals surface area contributed by atoms with Crippen LogP contribution in [0.5, 0.6) is 11.5 Å². The number of sulfone groups is 1. The Hall–Kier alpha value is -3.07. The molecule has 0 aliphatic carbocycles. The lowest BCUT2D eigenvalue weighted by atomic mass is 10.1. The predicted octanol–water partition coefficient (Wildman–Crippen LogP) is 3.04. The van der Waals surface area contributed by atoms with E-state index in [0.717, 1.165) is 12.0 Å². The summed E-state index contributed by atoms with van der Waals surface area (Å²) < 4.78 is 35.8. The standard InChI is InChI=1S/C22H28N2O6S/c1-5-15-7-9-16(10-8-15)24-22(26)20(6-2)31(27,28)14-21(25)23-17-11-12-18(29-3)19(13-17)30-4/h7-13,20H,5-6,14H2,1-4H3,(H,23,25)(H,24,26). The lowest BCUT2D eigenvalue weighted by Gasteiger charge is -2.16. The van der Waals surface area contributed by atoms with E-state index in [1.807, 2.05) is 19.1 Å². The van der Waals surface area contributed by atoms with E-state index in [2.05, 4.69) is 10.6 Å². The number of rotatable bonds is 10. The Bertz CT molecular complexity index is 1020. The minimum Gasteiger partial charge on any atom is -0.493 e. The second-order valence-corrected chi connectivity index (χ2v) is 9.05. The summed E-state index contributed by atoms with van der Waals surface area (Å²) in [6.07, 6.45) is 0.903. The average Bonchev–Trinajstić information content (AvgIpc) is 2.73. The van der Waals surface area contributed by atoms with Crippen LogP contribution >= 0.6 is 0 Å². The van der Waals surface area contributed by atoms with Crippen molar-refractivity contribution in [2.75, 3.05) is 30.6 Å². The lowest BCUT2D eigenvalue weighted by molar-refractivity contribution is -0.115. The van der Waals surface area contributed by atoms with E-state index in [-0.39, 0.29) is 6.42 Å². The van der Waals surface area contributed by atoms with Crippen molar-refractivity contribution in [3.05, 3.63) is 48.0 Å². The molecule has 2 N–H and O–H groups in total. The molecule has 0 aliphatic heterocycles. The third kappa shape index (κ3) is 6.45. The molecule has 2 rings (SSSR count). The second-order valence-electron chi connectivity index (χ2n) is 6.86. The summed E-state index contributed by atoms with van der Waals surface area (Å²) in [7, 11) is -1.10. The molecule has 0 heterocycles. The highest BCUT2D eigenvalue weighted by molar-refractivity contribution is 7.93. The quantitative estimate of drug-likeness (QED) is 0.578. The maximum Gasteiger partial charge on any atom is 0.242 e. The van der Waals surface area contributed by atoms with E-state index < -0.39 is 32.7 Å². The minimum atomic E-state index is -4.03. The van der Waals surface area contributed by atoms with Gasteiger partial charge in [-0.3, -0.25) is 9.59 Å². The van der Waals surface area contributed by atoms with Gasteiger partial charge >= 0.3 is 0 Å². The first-order valence-corrected chi connectivity index (χ1v) is 11.6. The fourth-order valence-electron chi connectivity index (χ4n) is 3.04. The van der Waals surface area contributed by atoms with Crippen LogP contribution in [0.4, 0.5) is 11.4 Å². The molecule has 1 unspecified atom stereocenters. The maximum absolute atomic E-state index is 12.8. The van der Waals surface area contributed by atoms with Crippen LogP contribution in [-0.4, -0.2) is 45.5 Å². The van der Waals surface area contributed by atoms with Gasteiger partial charge in [-0.15, -0.1) is 0 Å². The van der Waals surface area contributed by atoms with Crippen LogP contribution in [0.1, 0.15) is 25.8 Å². The molecule has 2 amide bonds. The third-order valence-electron chi connectivity index (χ3n) is 4.73. The molecule has 9 heteroatoms. The van der Waals surface area contributed by atoms with Crippen molar-refractivity contribution in [2.24, 2.45) is 0 Å². The number of benzene rings is 2. The summed E-state index contributed by atoms with van der Waals surface area (Å²) in [6, 6.07) is 11.8. The summed E-state index contributed by atoms with van der Waals surface area (Å²) in [5.41, 5.74) is 1.96. The highest BCUT2D eigenvalue weighted by atomic mass is 32.2. The van der Waals surface area contributed by atoms with Crippen LogP contribution in [0.15, 0.2) is 42.5 Å². The van der Waals surface area contributed by atoms with Crippen molar-refractivity contribution in [1.82, 2.24) is 0 Å². The summed E-state index contributed by atoms with van der Waals surface area (Å²) in [5, 5.41) is 3.80. The van der Waals surface area contributed by atoms with Crippen molar-refractivity contribution in [1.29, 1.82) is 0 Å². The Kier molecular flexibility index (Phi) is 8.44. The molecule has 0 fully saturated rings. The number of nitrogens with one attached hydrogen (secondary N) is 2. The number of aryl methyl sites for hydroxylation is 1. The van der Waals surface area contributed by atoms with Gasteiger partial charge < -0.3 is 20.1 Å². The van der Waals surface area contributed by atoms with Crippen molar-refractivity contribution in [3.8, 4) is 11.5 Å². The normalized spacial score (nSPS) is 12.0. The fourth-order valence-corrected chi connectivity index (χ4v) is 4.58. The number of amides is 2. The highest BCUT2D eigenvalue weighted by Gasteiger charge is 2.33. The molecule has 0 aliphatic rings. The van der Waals surface area contributed by atoms with Gasteiger partial charge in [0.1, 0.15) is 11.0 Å². The van der Waals surface area contributed by atoms with Crippen LogP contribution in [0.3, 0.4) is 0 Å². The topological polar surface area (TPSA) is 111 Å². The van der Waals surface area contributed by atoms with E-state index in [1.165, 1.54) is 20.3 Å². The Balaban J connectivity index is 2.07. The van der Waals surface area contributed by atoms with Gasteiger partial charge in [0.05, 0.1) is 14.2 Å². The number of hydrogen-bond acceptors (Lipinski definition) is 6. The SMILES string of the molecule is CCc1ccc(NC(=O)C(CC)S(=O)(=O)CC(=O)Nc2ccc(OC)c(OC)c2)cc1. The summed E-state index contributed by atoms with van der Waals surface area (Å²) >= 11 is 0. The van der Waals surface area contributed by atoms with Crippen LogP contribution in [-0.2, 0) is 25.8 Å². The summed E-state index contributed by atoms with van der Waals surface area (Å²) in [4.78, 5) is 24.9. The van der Waals surface area contributed by atoms with Gasteiger partial charge in [0.15, 0.2) is 21.3 Å². The Morgan fingerprint density at radius 3 is 2.06 bits per heavy atom. The van der Waals surface area contributed by atoms with Gasteiger partial charge in [0, 0.05) is 17.4 Å². The van der Waals surface area contributed by atoms with E-state index >= 15 is 0 Å². The number of hydrogen-bond donors (Lipinski definition) is 2. The minimum absolute atomic E-state index is 0.0465. The zero-order chi connectivity index (χ0) is 23.0. The third-order valence-corrected chi connectivity index (χ3v) is 6.80. The van der Waals surface area contributed by atoms with E-state index in [1.54, 1.807) is 31.2 Å². The molecule has 1 atom stereocenters. The van der Waals surface area contributed by atoms with Crippen molar-refractivity contribution < 1.29 is 27.5 Å². The molecule has 168 valence electrons. The first kappa shape index (κ1) is 24.2. The monoisotopic (exact) mass is 448 g/mol. The number of methoxy groups -OCH3 is 2. The molecular weight excluding hydrogens is 420 g/mol. The predicted molar refractivity (Wildman–Crippen MR) is 120 cm³/mol. The highest BCUT2D eigenvalue weighted by Crippen LogP contribution is 2.29. The van der Waals surface area contributed by atoms with Crippen molar-refractivity contribution in [3.63, 3.8) is 0 Å². The Morgan fingerprint density at radius 2 is 1.52 bits per heavy atom. The molecule has 0 radical (unpaired) electrons. The van der Waals surface area contributed by atoms with Crippen LogP contribution in [0, 0.1) is 0 Å². The van der Waals surface area contributed by atoms with Gasteiger partial charge in [-0.1, -0.05) is 26.0 Å². The molecule has 0 bridgehead atoms. The number of ether oxygens (including phenoxy) is 2. The molecule has 0 saturated carbocycles. The van der Waals surface area contributed by atoms with E-state index in [9.17, 15) is 18.0 Å². The van der Waals surface area contributed by atoms with E-state index in [0.29, 0.717) is 22.9 Å². The first-order chi connectivity index (χ1) is 14.7. The molecule has 0 aromatic heterocycles. The van der Waals surface area contributed by atoms with Crippen molar-refractivity contribution >= 4 is 33.0 Å². The zero-order valence-corrected chi connectivity index (χ0v) is 18.9. The first-order valence-electron chi connectivity index (χ1n) is 9.87. The largest absolute Gasteiger partial charge is 0.493 e. The molecule has 2 aromatic carbocycles.